The van der Waals surface area contributed by atoms with Crippen LogP contribution in [0.25, 0.3) is 0 Å². The standard InChI is InChI=1S/C10H18O2Si/c1-12-10(11)8-6-5-7-9-13(2,3)4/h5-8H,9H2,1-4H3/b7-5+,8-6+. The highest BCUT2D eigenvalue weighted by Crippen LogP contribution is 2.08. The summed E-state index contributed by atoms with van der Waals surface area (Å²) in [6.07, 6.45) is 7.13. The first kappa shape index (κ1) is 12.2. The van der Waals surface area contributed by atoms with Crippen LogP contribution in [0.15, 0.2) is 24.3 Å². The van der Waals surface area contributed by atoms with E-state index in [1.165, 1.54) is 13.2 Å². The zero-order chi connectivity index (χ0) is 10.3. The van der Waals surface area contributed by atoms with Gasteiger partial charge in [-0.3, -0.25) is 0 Å². The molecule has 13 heavy (non-hydrogen) atoms. The Kier molecular flexibility index (Phi) is 5.38. The number of hydrogen-bond acceptors (Lipinski definition) is 2. The zero-order valence-electron chi connectivity index (χ0n) is 8.83. The highest BCUT2D eigenvalue weighted by molar-refractivity contribution is 6.76. The Labute approximate surface area is 81.3 Å². The fourth-order valence-corrected chi connectivity index (χ4v) is 1.55. The molecule has 0 radical (unpaired) electrons. The van der Waals surface area contributed by atoms with Crippen molar-refractivity contribution in [3.8, 4) is 0 Å². The van der Waals surface area contributed by atoms with E-state index in [4.69, 9.17) is 0 Å². The summed E-state index contributed by atoms with van der Waals surface area (Å²) >= 11 is 0. The van der Waals surface area contributed by atoms with E-state index < -0.39 is 8.07 Å². The van der Waals surface area contributed by atoms with Crippen molar-refractivity contribution in [3.63, 3.8) is 0 Å². The Morgan fingerprint density at radius 1 is 1.31 bits per heavy atom. The zero-order valence-corrected chi connectivity index (χ0v) is 9.83. The van der Waals surface area contributed by atoms with Crippen LogP contribution in [0.4, 0.5) is 0 Å². The summed E-state index contributed by atoms with van der Waals surface area (Å²) in [6, 6.07) is 1.14. The van der Waals surface area contributed by atoms with Gasteiger partial charge in [-0.05, 0) is 6.04 Å². The molecule has 0 aliphatic rings. The van der Waals surface area contributed by atoms with Gasteiger partial charge in [-0.15, -0.1) is 0 Å². The molecule has 2 nitrogen and oxygen atoms in total. The lowest BCUT2D eigenvalue weighted by Crippen LogP contribution is -2.17. The van der Waals surface area contributed by atoms with Gasteiger partial charge in [-0.1, -0.05) is 37.9 Å². The van der Waals surface area contributed by atoms with Crippen LogP contribution in [0.2, 0.25) is 25.7 Å². The summed E-state index contributed by atoms with van der Waals surface area (Å²) in [5.41, 5.74) is 0. The number of carbonyl (C=O) groups excluding carboxylic acids is 1. The summed E-state index contributed by atoms with van der Waals surface area (Å²) in [4.78, 5) is 10.6. The van der Waals surface area contributed by atoms with E-state index in [0.717, 1.165) is 6.04 Å². The van der Waals surface area contributed by atoms with Crippen LogP contribution >= 0.6 is 0 Å². The Bertz CT molecular complexity index is 211. The molecule has 0 heterocycles. The van der Waals surface area contributed by atoms with Crippen LogP contribution in [0.3, 0.4) is 0 Å². The van der Waals surface area contributed by atoms with Crippen molar-refractivity contribution in [3.05, 3.63) is 24.3 Å². The third kappa shape index (κ3) is 9.08. The smallest absolute Gasteiger partial charge is 0.330 e. The van der Waals surface area contributed by atoms with E-state index in [0.29, 0.717) is 0 Å². The summed E-state index contributed by atoms with van der Waals surface area (Å²) < 4.78 is 4.45. The second-order valence-electron chi connectivity index (χ2n) is 4.08. The monoisotopic (exact) mass is 198 g/mol. The molecule has 0 amide bonds. The molecule has 0 aromatic carbocycles. The average molecular weight is 198 g/mol. The molecular formula is C10H18O2Si. The number of allylic oxidation sites excluding steroid dienone is 3. The molecule has 0 fully saturated rings. The third-order valence-corrected chi connectivity index (χ3v) is 2.87. The first-order valence-electron chi connectivity index (χ1n) is 4.37. The minimum Gasteiger partial charge on any atom is -0.466 e. The van der Waals surface area contributed by atoms with Gasteiger partial charge in [-0.25, -0.2) is 4.79 Å². The maximum Gasteiger partial charge on any atom is 0.330 e. The summed E-state index contributed by atoms with van der Waals surface area (Å²) in [5.74, 6) is -0.308. The number of ether oxygens (including phenoxy) is 1. The second kappa shape index (κ2) is 5.75. The fourth-order valence-electron chi connectivity index (χ4n) is 0.702. The van der Waals surface area contributed by atoms with Crippen molar-refractivity contribution in [1.29, 1.82) is 0 Å². The maximum absolute atomic E-state index is 10.6. The molecule has 0 N–H and O–H groups in total. The molecule has 0 aliphatic carbocycles. The minimum absolute atomic E-state index is 0.308. The number of methoxy groups -OCH3 is 1. The Balaban J connectivity index is 3.76. The van der Waals surface area contributed by atoms with Crippen molar-refractivity contribution < 1.29 is 9.53 Å². The number of hydrogen-bond donors (Lipinski definition) is 0. The molecule has 74 valence electrons. The fraction of sp³-hybridized carbons (Fsp3) is 0.500. The van der Waals surface area contributed by atoms with Crippen molar-refractivity contribution in [1.82, 2.24) is 0 Å². The van der Waals surface area contributed by atoms with Gasteiger partial charge in [0.25, 0.3) is 0 Å². The van der Waals surface area contributed by atoms with Crippen LogP contribution in [0.1, 0.15) is 0 Å². The lowest BCUT2D eigenvalue weighted by atomic mass is 10.4. The van der Waals surface area contributed by atoms with Crippen LogP contribution in [0.5, 0.6) is 0 Å². The van der Waals surface area contributed by atoms with Crippen LogP contribution in [0, 0.1) is 0 Å². The van der Waals surface area contributed by atoms with Gasteiger partial charge >= 0.3 is 5.97 Å². The molecule has 0 bridgehead atoms. The average Bonchev–Trinajstić information content (AvgIpc) is 2.01. The highest BCUT2D eigenvalue weighted by atomic mass is 28.3. The Morgan fingerprint density at radius 2 is 1.92 bits per heavy atom. The maximum atomic E-state index is 10.6. The second-order valence-corrected chi connectivity index (χ2v) is 9.60. The predicted molar refractivity (Wildman–Crippen MR) is 58.4 cm³/mol. The van der Waals surface area contributed by atoms with Gasteiger partial charge in [0.05, 0.1) is 7.11 Å². The molecule has 0 aliphatic heterocycles. The Hall–Kier alpha value is -0.833. The van der Waals surface area contributed by atoms with Gasteiger partial charge in [0, 0.05) is 14.1 Å². The SMILES string of the molecule is COC(=O)/C=C/C=C/C[Si](C)(C)C. The molecule has 0 aromatic rings. The van der Waals surface area contributed by atoms with Gasteiger partial charge in [0.15, 0.2) is 0 Å². The Morgan fingerprint density at radius 3 is 2.38 bits per heavy atom. The molecular weight excluding hydrogens is 180 g/mol. The van der Waals surface area contributed by atoms with Crippen molar-refractivity contribution in [2.45, 2.75) is 25.7 Å². The number of rotatable bonds is 4. The first-order valence-corrected chi connectivity index (χ1v) is 8.07. The van der Waals surface area contributed by atoms with Crippen molar-refractivity contribution >= 4 is 14.0 Å². The van der Waals surface area contributed by atoms with Gasteiger partial charge in [0.1, 0.15) is 0 Å². The number of carbonyl (C=O) groups is 1. The van der Waals surface area contributed by atoms with E-state index in [1.807, 2.05) is 6.08 Å². The topological polar surface area (TPSA) is 26.3 Å². The molecule has 0 spiro atoms. The van der Waals surface area contributed by atoms with E-state index >= 15 is 0 Å². The van der Waals surface area contributed by atoms with Crippen LogP contribution < -0.4 is 0 Å². The van der Waals surface area contributed by atoms with Crippen LogP contribution in [-0.2, 0) is 9.53 Å². The first-order chi connectivity index (χ1) is 5.95. The van der Waals surface area contributed by atoms with Crippen molar-refractivity contribution in [2.24, 2.45) is 0 Å². The van der Waals surface area contributed by atoms with Gasteiger partial charge in [-0.2, -0.15) is 0 Å². The molecule has 0 aromatic heterocycles. The highest BCUT2D eigenvalue weighted by Gasteiger charge is 2.08. The molecule has 0 atom stereocenters. The van der Waals surface area contributed by atoms with Crippen molar-refractivity contribution in [2.75, 3.05) is 7.11 Å². The summed E-state index contributed by atoms with van der Waals surface area (Å²) in [6.45, 7) is 6.92. The van der Waals surface area contributed by atoms with E-state index in [9.17, 15) is 4.79 Å². The largest absolute Gasteiger partial charge is 0.466 e. The van der Waals surface area contributed by atoms with E-state index in [-0.39, 0.29) is 5.97 Å². The quantitative estimate of drug-likeness (QED) is 0.300. The molecule has 0 saturated heterocycles. The van der Waals surface area contributed by atoms with E-state index in [1.54, 1.807) is 6.08 Å². The van der Waals surface area contributed by atoms with Gasteiger partial charge < -0.3 is 4.74 Å². The van der Waals surface area contributed by atoms with E-state index in [2.05, 4.69) is 30.5 Å². The van der Waals surface area contributed by atoms with Gasteiger partial charge in [0.2, 0.25) is 0 Å². The normalized spacial score (nSPS) is 12.6. The third-order valence-electron chi connectivity index (χ3n) is 1.41. The predicted octanol–water partition coefficient (Wildman–Crippen LogP) is 2.61. The molecule has 3 heteroatoms. The molecule has 0 rings (SSSR count). The lowest BCUT2D eigenvalue weighted by molar-refractivity contribution is -0.134. The van der Waals surface area contributed by atoms with Crippen LogP contribution in [-0.4, -0.2) is 21.2 Å². The summed E-state index contributed by atoms with van der Waals surface area (Å²) in [7, 11) is 0.394. The molecule has 0 saturated carbocycles. The summed E-state index contributed by atoms with van der Waals surface area (Å²) in [5, 5.41) is 0. The lowest BCUT2D eigenvalue weighted by Gasteiger charge is -2.10. The minimum atomic E-state index is -0.980. The number of esters is 1. The molecule has 0 unspecified atom stereocenters.